The Morgan fingerprint density at radius 1 is 1.21 bits per heavy atom. The van der Waals surface area contributed by atoms with Crippen molar-refractivity contribution in [2.75, 3.05) is 24.5 Å². The van der Waals surface area contributed by atoms with E-state index in [1.54, 1.807) is 23.1 Å². The van der Waals surface area contributed by atoms with Gasteiger partial charge in [-0.2, -0.15) is 5.10 Å². The summed E-state index contributed by atoms with van der Waals surface area (Å²) in [7, 11) is 1.91. The zero-order chi connectivity index (χ0) is 23.8. The van der Waals surface area contributed by atoms with Crippen LogP contribution in [0.2, 0.25) is 0 Å². The lowest BCUT2D eigenvalue weighted by Gasteiger charge is -2.41. The van der Waals surface area contributed by atoms with Gasteiger partial charge in [-0.15, -0.1) is 0 Å². The van der Waals surface area contributed by atoms with E-state index in [1.165, 1.54) is 17.7 Å². The molecule has 8 nitrogen and oxygen atoms in total. The highest BCUT2D eigenvalue weighted by Gasteiger charge is 2.31. The number of allylic oxidation sites excluding steroid dienone is 1. The third kappa shape index (κ3) is 4.25. The number of carbonyl (C=O) groups is 1. The maximum absolute atomic E-state index is 13.2. The molecule has 2 amide bonds. The summed E-state index contributed by atoms with van der Waals surface area (Å²) in [5.74, 6) is 0.626. The minimum Gasteiger partial charge on any atom is -0.352 e. The Kier molecular flexibility index (Phi) is 5.77. The Morgan fingerprint density at radius 3 is 2.71 bits per heavy atom. The molecule has 1 saturated heterocycles. The van der Waals surface area contributed by atoms with Crippen LogP contribution in [0.25, 0.3) is 11.6 Å². The average molecular weight is 462 g/mol. The molecule has 0 unspecified atom stereocenters. The second-order valence-electron chi connectivity index (χ2n) is 9.02. The average Bonchev–Trinajstić information content (AvgIpc) is 3.45. The summed E-state index contributed by atoms with van der Waals surface area (Å²) in [5, 5.41) is 7.32. The fourth-order valence-corrected chi connectivity index (χ4v) is 4.69. The van der Waals surface area contributed by atoms with Crippen molar-refractivity contribution in [1.82, 2.24) is 30.0 Å². The summed E-state index contributed by atoms with van der Waals surface area (Å²) in [6.45, 7) is 5.90. The zero-order valence-electron chi connectivity index (χ0n) is 19.6. The van der Waals surface area contributed by atoms with Crippen molar-refractivity contribution >= 4 is 23.5 Å². The molecule has 2 atom stereocenters. The number of anilines is 1. The Morgan fingerprint density at radius 2 is 2.00 bits per heavy atom. The number of nitrogens with one attached hydrogen (secondary N) is 1. The van der Waals surface area contributed by atoms with Crippen molar-refractivity contribution in [3.8, 4) is 0 Å². The largest absolute Gasteiger partial charge is 0.352 e. The summed E-state index contributed by atoms with van der Waals surface area (Å²) in [5.41, 5.74) is 5.22. The lowest BCUT2D eigenvalue weighted by atomic mass is 10.1. The molecule has 5 rings (SSSR count). The first kappa shape index (κ1) is 22.1. The smallest absolute Gasteiger partial charge is 0.318 e. The fourth-order valence-electron chi connectivity index (χ4n) is 4.69. The molecule has 34 heavy (non-hydrogen) atoms. The molecule has 0 spiro atoms. The Balaban J connectivity index is 1.27. The third-order valence-electron chi connectivity index (χ3n) is 6.60. The van der Waals surface area contributed by atoms with Crippen molar-refractivity contribution in [3.05, 3.63) is 71.2 Å². The fraction of sp³-hybridized carbons (Fsp3) is 0.360. The van der Waals surface area contributed by atoms with E-state index < -0.39 is 0 Å². The lowest BCUT2D eigenvalue weighted by Crippen LogP contribution is -2.57. The van der Waals surface area contributed by atoms with Gasteiger partial charge in [-0.05, 0) is 43.2 Å². The van der Waals surface area contributed by atoms with Crippen molar-refractivity contribution in [3.63, 3.8) is 0 Å². The predicted molar refractivity (Wildman–Crippen MR) is 129 cm³/mol. The number of aromatic nitrogens is 4. The highest BCUT2D eigenvalue weighted by molar-refractivity contribution is 5.90. The zero-order valence-corrected chi connectivity index (χ0v) is 19.6. The lowest BCUT2D eigenvalue weighted by molar-refractivity contribution is 0.168. The van der Waals surface area contributed by atoms with E-state index in [0.717, 1.165) is 34.6 Å². The summed E-state index contributed by atoms with van der Waals surface area (Å²) < 4.78 is 15.0. The Bertz CT molecular complexity index is 1240. The van der Waals surface area contributed by atoms with Crippen LogP contribution in [0.5, 0.6) is 0 Å². The van der Waals surface area contributed by atoms with Crippen LogP contribution < -0.4 is 10.2 Å². The number of piperazine rings is 1. The van der Waals surface area contributed by atoms with Crippen LogP contribution in [0.4, 0.5) is 15.0 Å². The van der Waals surface area contributed by atoms with Crippen LogP contribution in [0.15, 0.2) is 43.0 Å². The maximum Gasteiger partial charge on any atom is 0.318 e. The van der Waals surface area contributed by atoms with E-state index in [1.807, 2.05) is 38.2 Å². The molecule has 1 N–H and O–H groups in total. The van der Waals surface area contributed by atoms with Gasteiger partial charge in [-0.25, -0.2) is 19.2 Å². The number of halogens is 1. The summed E-state index contributed by atoms with van der Waals surface area (Å²) in [4.78, 5) is 26.2. The van der Waals surface area contributed by atoms with Gasteiger partial charge >= 0.3 is 6.03 Å². The number of amides is 2. The van der Waals surface area contributed by atoms with E-state index in [9.17, 15) is 9.18 Å². The number of rotatable bonds is 4. The van der Waals surface area contributed by atoms with E-state index in [0.29, 0.717) is 19.6 Å². The number of hydrogen-bond donors (Lipinski definition) is 1. The number of nitrogens with zero attached hydrogens (tertiary/aromatic N) is 6. The molecule has 2 aromatic heterocycles. The quantitative estimate of drug-likeness (QED) is 0.644. The van der Waals surface area contributed by atoms with Gasteiger partial charge in [0, 0.05) is 56.5 Å². The Labute approximate surface area is 198 Å². The summed E-state index contributed by atoms with van der Waals surface area (Å²) in [6.07, 6.45) is 8.43. The molecule has 0 radical (unpaired) electrons. The van der Waals surface area contributed by atoms with Crippen LogP contribution in [0, 0.1) is 5.82 Å². The predicted octanol–water partition coefficient (Wildman–Crippen LogP) is 3.43. The van der Waals surface area contributed by atoms with Gasteiger partial charge in [0.1, 0.15) is 18.0 Å². The van der Waals surface area contributed by atoms with E-state index in [-0.39, 0.29) is 23.9 Å². The molecule has 1 aliphatic carbocycles. The van der Waals surface area contributed by atoms with Crippen molar-refractivity contribution < 1.29 is 9.18 Å². The molecular formula is C25H28FN7O. The van der Waals surface area contributed by atoms with Crippen LogP contribution in [-0.4, -0.2) is 56.4 Å². The van der Waals surface area contributed by atoms with Gasteiger partial charge in [0.25, 0.3) is 0 Å². The first-order valence-electron chi connectivity index (χ1n) is 11.5. The first-order valence-corrected chi connectivity index (χ1v) is 11.5. The van der Waals surface area contributed by atoms with E-state index >= 15 is 0 Å². The van der Waals surface area contributed by atoms with Gasteiger partial charge in [-0.3, -0.25) is 4.68 Å². The highest BCUT2D eigenvalue weighted by atomic mass is 19.1. The molecule has 2 aliphatic rings. The molecule has 9 heteroatoms. The van der Waals surface area contributed by atoms with Gasteiger partial charge in [0.2, 0.25) is 0 Å². The minimum absolute atomic E-state index is 0.00274. The Hall–Kier alpha value is -3.75. The van der Waals surface area contributed by atoms with Gasteiger partial charge in [-0.1, -0.05) is 12.1 Å². The monoisotopic (exact) mass is 461 g/mol. The van der Waals surface area contributed by atoms with Crippen LogP contribution in [0.3, 0.4) is 0 Å². The van der Waals surface area contributed by atoms with Crippen molar-refractivity contribution in [2.45, 2.75) is 32.4 Å². The number of urea groups is 1. The maximum atomic E-state index is 13.2. The van der Waals surface area contributed by atoms with Gasteiger partial charge in [0.15, 0.2) is 0 Å². The summed E-state index contributed by atoms with van der Waals surface area (Å²) in [6, 6.07) is 5.90. The van der Waals surface area contributed by atoms with E-state index in [2.05, 4.69) is 31.4 Å². The molecule has 1 aliphatic heterocycles. The second kappa shape index (κ2) is 8.89. The first-order chi connectivity index (χ1) is 16.4. The standard InChI is InChI=1S/C25H28FN7O/c1-16-13-32(8-9-33(16)25(34)30-17(2)18-4-6-21(26)7-5-18)24-22-10-19(11-23(22)27-15-28-24)20-12-29-31(3)14-20/h4-7,10,12,14-17H,8-9,11,13H2,1-3H3,(H,30,34)/t16-,17+/m1/s1. The van der Waals surface area contributed by atoms with Crippen molar-refractivity contribution in [2.24, 2.45) is 7.05 Å². The molecule has 1 aromatic carbocycles. The van der Waals surface area contributed by atoms with Gasteiger partial charge in [0.05, 0.1) is 17.9 Å². The third-order valence-corrected chi connectivity index (χ3v) is 6.60. The molecule has 176 valence electrons. The minimum atomic E-state index is -0.286. The molecule has 3 heterocycles. The molecule has 3 aromatic rings. The second-order valence-corrected chi connectivity index (χ2v) is 9.02. The summed E-state index contributed by atoms with van der Waals surface area (Å²) >= 11 is 0. The molecule has 1 fully saturated rings. The number of carbonyl (C=O) groups excluding carboxylic acids is 1. The topological polar surface area (TPSA) is 79.2 Å². The molecule has 0 saturated carbocycles. The number of hydrogen-bond acceptors (Lipinski definition) is 5. The van der Waals surface area contributed by atoms with Crippen LogP contribution in [-0.2, 0) is 13.5 Å². The number of fused-ring (bicyclic) bond motifs is 1. The molecular weight excluding hydrogens is 433 g/mol. The number of benzene rings is 1. The van der Waals surface area contributed by atoms with Crippen LogP contribution in [0.1, 0.15) is 42.3 Å². The van der Waals surface area contributed by atoms with Crippen LogP contribution >= 0.6 is 0 Å². The number of aryl methyl sites for hydroxylation is 1. The normalized spacial score (nSPS) is 18.5. The van der Waals surface area contributed by atoms with E-state index in [4.69, 9.17) is 0 Å². The SMILES string of the molecule is C[C@H](NC(=O)N1CCN(c2ncnc3c2C=C(c2cnn(C)c2)C3)C[C@H]1C)c1ccc(F)cc1. The molecule has 0 bridgehead atoms. The van der Waals surface area contributed by atoms with Crippen molar-refractivity contribution in [1.29, 1.82) is 0 Å². The van der Waals surface area contributed by atoms with Gasteiger partial charge < -0.3 is 15.1 Å². The highest BCUT2D eigenvalue weighted by Crippen LogP contribution is 2.35.